The Morgan fingerprint density at radius 3 is 2.70 bits per heavy atom. The second-order valence-corrected chi connectivity index (χ2v) is 7.30. The quantitative estimate of drug-likeness (QED) is 0.853. The Kier molecular flexibility index (Phi) is 4.99. The van der Waals surface area contributed by atoms with Crippen LogP contribution in [0.2, 0.25) is 10.0 Å². The summed E-state index contributed by atoms with van der Waals surface area (Å²) in [7, 11) is 0. The fraction of sp³-hybridized carbons (Fsp3) is 0.357. The Morgan fingerprint density at radius 1 is 1.30 bits per heavy atom. The third-order valence-electron chi connectivity index (χ3n) is 3.72. The van der Waals surface area contributed by atoms with E-state index in [1.165, 1.54) is 11.8 Å². The number of benzene rings is 1. The number of aromatic carboxylic acids is 1. The number of H-pyrrole nitrogens is 1. The normalized spacial score (nSPS) is 15.8. The SMILES string of the molecule is O=C(O)c1[nH]nnc1SC1CCN(c2ccc(Cl)c(Cl)c2)CC1. The average Bonchev–Trinajstić information content (AvgIpc) is 2.99. The van der Waals surface area contributed by atoms with E-state index in [0.717, 1.165) is 31.6 Å². The lowest BCUT2D eigenvalue weighted by atomic mass is 10.1. The van der Waals surface area contributed by atoms with Gasteiger partial charge in [0, 0.05) is 24.0 Å². The molecule has 1 aromatic heterocycles. The molecule has 2 heterocycles. The first-order valence-electron chi connectivity index (χ1n) is 7.05. The van der Waals surface area contributed by atoms with E-state index in [2.05, 4.69) is 20.3 Å². The number of anilines is 1. The maximum atomic E-state index is 11.1. The fourth-order valence-corrected chi connectivity index (χ4v) is 3.90. The molecule has 2 N–H and O–H groups in total. The van der Waals surface area contributed by atoms with Crippen molar-refractivity contribution < 1.29 is 9.90 Å². The van der Waals surface area contributed by atoms with Gasteiger partial charge in [-0.3, -0.25) is 5.10 Å². The molecule has 0 atom stereocenters. The largest absolute Gasteiger partial charge is 0.476 e. The number of thioether (sulfide) groups is 1. The van der Waals surface area contributed by atoms with Crippen molar-refractivity contribution in [3.8, 4) is 0 Å². The molecule has 6 nitrogen and oxygen atoms in total. The van der Waals surface area contributed by atoms with E-state index in [9.17, 15) is 4.79 Å². The molecule has 0 radical (unpaired) electrons. The summed E-state index contributed by atoms with van der Waals surface area (Å²) in [5.41, 5.74) is 1.11. The highest BCUT2D eigenvalue weighted by molar-refractivity contribution is 7.99. The summed E-state index contributed by atoms with van der Waals surface area (Å²) in [4.78, 5) is 13.3. The minimum absolute atomic E-state index is 0.0573. The second kappa shape index (κ2) is 6.98. The molecule has 0 saturated carbocycles. The molecule has 9 heteroatoms. The van der Waals surface area contributed by atoms with Crippen molar-refractivity contribution in [1.82, 2.24) is 15.4 Å². The summed E-state index contributed by atoms with van der Waals surface area (Å²) in [6.07, 6.45) is 1.85. The van der Waals surface area contributed by atoms with Crippen molar-refractivity contribution >= 4 is 46.6 Å². The number of nitrogens with zero attached hydrogens (tertiary/aromatic N) is 3. The lowest BCUT2D eigenvalue weighted by Gasteiger charge is -2.33. The van der Waals surface area contributed by atoms with Crippen molar-refractivity contribution in [1.29, 1.82) is 0 Å². The summed E-state index contributed by atoms with van der Waals surface area (Å²) in [5.74, 6) is -1.04. The molecule has 1 aliphatic heterocycles. The first-order chi connectivity index (χ1) is 11.0. The maximum Gasteiger partial charge on any atom is 0.356 e. The third kappa shape index (κ3) is 3.73. The number of hydrogen-bond acceptors (Lipinski definition) is 5. The van der Waals surface area contributed by atoms with Gasteiger partial charge in [-0.05, 0) is 31.0 Å². The van der Waals surface area contributed by atoms with Crippen molar-refractivity contribution in [2.45, 2.75) is 23.1 Å². The van der Waals surface area contributed by atoms with Crippen LogP contribution < -0.4 is 4.90 Å². The number of carboxylic acid groups (broad SMARTS) is 1. The molecule has 0 spiro atoms. The smallest absolute Gasteiger partial charge is 0.356 e. The molecule has 0 unspecified atom stereocenters. The molecule has 1 aromatic carbocycles. The van der Waals surface area contributed by atoms with Gasteiger partial charge in [0.2, 0.25) is 0 Å². The van der Waals surface area contributed by atoms with Crippen LogP contribution in [-0.4, -0.2) is 44.8 Å². The third-order valence-corrected chi connectivity index (χ3v) is 5.77. The Balaban J connectivity index is 1.61. The minimum Gasteiger partial charge on any atom is -0.476 e. The molecule has 0 aliphatic carbocycles. The Morgan fingerprint density at radius 2 is 2.04 bits per heavy atom. The molecule has 23 heavy (non-hydrogen) atoms. The van der Waals surface area contributed by atoms with Crippen LogP contribution in [0.25, 0.3) is 0 Å². The summed E-state index contributed by atoms with van der Waals surface area (Å²) < 4.78 is 0. The number of carboxylic acids is 1. The highest BCUT2D eigenvalue weighted by Gasteiger charge is 2.24. The van der Waals surface area contributed by atoms with Crippen molar-refractivity contribution in [2.75, 3.05) is 18.0 Å². The van der Waals surface area contributed by atoms with Crippen molar-refractivity contribution in [3.05, 3.63) is 33.9 Å². The first-order valence-corrected chi connectivity index (χ1v) is 8.69. The predicted octanol–water partition coefficient (Wildman–Crippen LogP) is 3.57. The summed E-state index contributed by atoms with van der Waals surface area (Å²) in [5, 5.41) is 20.8. The maximum absolute atomic E-state index is 11.1. The zero-order chi connectivity index (χ0) is 16.4. The van der Waals surface area contributed by atoms with E-state index in [1.54, 1.807) is 6.07 Å². The number of piperidine rings is 1. The van der Waals surface area contributed by atoms with E-state index >= 15 is 0 Å². The molecular weight excluding hydrogens is 359 g/mol. The molecule has 1 aliphatic rings. The number of rotatable bonds is 4. The van der Waals surface area contributed by atoms with Crippen LogP contribution in [0.5, 0.6) is 0 Å². The van der Waals surface area contributed by atoms with Gasteiger partial charge < -0.3 is 10.0 Å². The van der Waals surface area contributed by atoms with Crippen LogP contribution in [0.15, 0.2) is 23.2 Å². The Hall–Kier alpha value is -1.44. The van der Waals surface area contributed by atoms with Gasteiger partial charge in [0.25, 0.3) is 0 Å². The molecule has 1 fully saturated rings. The fourth-order valence-electron chi connectivity index (χ4n) is 2.51. The number of halogens is 2. The van der Waals surface area contributed by atoms with Gasteiger partial charge in [-0.1, -0.05) is 40.2 Å². The first kappa shape index (κ1) is 16.4. The summed E-state index contributed by atoms with van der Waals surface area (Å²) in [6.45, 7) is 1.74. The van der Waals surface area contributed by atoms with Crippen LogP contribution in [0.4, 0.5) is 5.69 Å². The number of carbonyl (C=O) groups is 1. The van der Waals surface area contributed by atoms with E-state index in [1.807, 2.05) is 12.1 Å². The van der Waals surface area contributed by atoms with Crippen molar-refractivity contribution in [2.24, 2.45) is 0 Å². The van der Waals surface area contributed by atoms with Crippen LogP contribution in [0.3, 0.4) is 0 Å². The number of aromatic amines is 1. The van der Waals surface area contributed by atoms with E-state index in [0.29, 0.717) is 20.3 Å². The topological polar surface area (TPSA) is 82.1 Å². The van der Waals surface area contributed by atoms with Crippen LogP contribution in [0, 0.1) is 0 Å². The van der Waals surface area contributed by atoms with Gasteiger partial charge in [-0.2, -0.15) is 0 Å². The Bertz CT molecular complexity index is 717. The molecular formula is C14H14Cl2N4O2S. The molecule has 122 valence electrons. The highest BCUT2D eigenvalue weighted by atomic mass is 35.5. The number of nitrogens with one attached hydrogen (secondary N) is 1. The van der Waals surface area contributed by atoms with Crippen LogP contribution >= 0.6 is 35.0 Å². The summed E-state index contributed by atoms with van der Waals surface area (Å²) >= 11 is 13.5. The van der Waals surface area contributed by atoms with Crippen LogP contribution in [-0.2, 0) is 0 Å². The van der Waals surface area contributed by atoms with Gasteiger partial charge in [-0.25, -0.2) is 4.79 Å². The number of hydrogen-bond donors (Lipinski definition) is 2. The monoisotopic (exact) mass is 372 g/mol. The van der Waals surface area contributed by atoms with Crippen LogP contribution in [0.1, 0.15) is 23.3 Å². The number of aromatic nitrogens is 3. The molecule has 1 saturated heterocycles. The second-order valence-electron chi connectivity index (χ2n) is 5.20. The van der Waals surface area contributed by atoms with Gasteiger partial charge >= 0.3 is 5.97 Å². The minimum atomic E-state index is -1.04. The van der Waals surface area contributed by atoms with Gasteiger partial charge in [-0.15, -0.1) is 5.10 Å². The molecule has 3 rings (SSSR count). The molecule has 0 amide bonds. The zero-order valence-corrected chi connectivity index (χ0v) is 14.3. The highest BCUT2D eigenvalue weighted by Crippen LogP contribution is 2.33. The zero-order valence-electron chi connectivity index (χ0n) is 12.0. The van der Waals surface area contributed by atoms with E-state index in [4.69, 9.17) is 28.3 Å². The van der Waals surface area contributed by atoms with Crippen molar-refractivity contribution in [3.63, 3.8) is 0 Å². The molecule has 0 bridgehead atoms. The molecule has 2 aromatic rings. The standard InChI is InChI=1S/C14H14Cl2N4O2S/c15-10-2-1-8(7-11(10)16)20-5-3-9(4-6-20)23-13-12(14(21)22)17-19-18-13/h1-2,7,9H,3-6H2,(H,21,22)(H,17,18,19). The Labute approximate surface area is 147 Å². The lowest BCUT2D eigenvalue weighted by molar-refractivity contribution is 0.0686. The van der Waals surface area contributed by atoms with Gasteiger partial charge in [0.1, 0.15) is 0 Å². The van der Waals surface area contributed by atoms with Gasteiger partial charge in [0.15, 0.2) is 10.7 Å². The van der Waals surface area contributed by atoms with Gasteiger partial charge in [0.05, 0.1) is 10.0 Å². The average molecular weight is 373 g/mol. The predicted molar refractivity (Wildman–Crippen MR) is 90.9 cm³/mol. The van der Waals surface area contributed by atoms with E-state index in [-0.39, 0.29) is 5.69 Å². The van der Waals surface area contributed by atoms with E-state index < -0.39 is 5.97 Å². The lowest BCUT2D eigenvalue weighted by Crippen LogP contribution is -2.34. The summed E-state index contributed by atoms with van der Waals surface area (Å²) in [6, 6.07) is 5.63.